The molecule has 0 bridgehead atoms. The molecule has 0 saturated heterocycles. The lowest BCUT2D eigenvalue weighted by molar-refractivity contribution is 0.254. The fourth-order valence-corrected chi connectivity index (χ4v) is 2.26. The minimum atomic E-state index is 0. The number of nitrogens with zero attached hydrogens (tertiary/aromatic N) is 1. The number of hydrogen-bond donors (Lipinski definition) is 2. The number of nitrogens with one attached hydrogen (secondary N) is 1. The number of ether oxygens (including phenoxy) is 2. The molecule has 122 valence electrons. The molecule has 0 saturated carbocycles. The Morgan fingerprint density at radius 3 is 2.91 bits per heavy atom. The molecule has 0 aromatic heterocycles. The Hall–Kier alpha value is -1.44. The van der Waals surface area contributed by atoms with E-state index in [4.69, 9.17) is 15.2 Å². The van der Waals surface area contributed by atoms with Crippen LogP contribution in [0.15, 0.2) is 29.3 Å². The average molecular weight is 417 g/mol. The standard InChI is InChI=1S/C16H23N3O2.HI/c1-10(2)8-18-16(17)19-9-13-7-15-12(5-11(3)21-15)6-14(13)20-4;/h6-7,11H,1,5,8-9H2,2-4H3,(H3,17,18,19);1H. The minimum Gasteiger partial charge on any atom is -0.496 e. The maximum atomic E-state index is 5.82. The van der Waals surface area contributed by atoms with Crippen LogP contribution in [0.25, 0.3) is 0 Å². The van der Waals surface area contributed by atoms with Gasteiger partial charge in [-0.15, -0.1) is 24.0 Å². The van der Waals surface area contributed by atoms with Crippen LogP contribution in [0.2, 0.25) is 0 Å². The Bertz CT molecular complexity index is 573. The van der Waals surface area contributed by atoms with E-state index < -0.39 is 0 Å². The predicted molar refractivity (Wildman–Crippen MR) is 100 cm³/mol. The molecule has 5 nitrogen and oxygen atoms in total. The zero-order chi connectivity index (χ0) is 15.4. The molecule has 0 spiro atoms. The highest BCUT2D eigenvalue weighted by Gasteiger charge is 2.21. The monoisotopic (exact) mass is 417 g/mol. The molecule has 0 fully saturated rings. The van der Waals surface area contributed by atoms with E-state index in [0.29, 0.717) is 19.0 Å². The molecule has 2 rings (SSSR count). The number of halogens is 1. The van der Waals surface area contributed by atoms with E-state index in [1.165, 1.54) is 5.56 Å². The van der Waals surface area contributed by atoms with Gasteiger partial charge in [0, 0.05) is 24.1 Å². The van der Waals surface area contributed by atoms with E-state index in [-0.39, 0.29) is 30.1 Å². The molecule has 1 aromatic carbocycles. The highest BCUT2D eigenvalue weighted by Crippen LogP contribution is 2.35. The Labute approximate surface area is 149 Å². The second-order valence-electron chi connectivity index (χ2n) is 5.42. The average Bonchev–Trinajstić information content (AvgIpc) is 2.80. The van der Waals surface area contributed by atoms with Gasteiger partial charge in [0.2, 0.25) is 0 Å². The number of methoxy groups -OCH3 is 1. The van der Waals surface area contributed by atoms with Crippen LogP contribution in [0, 0.1) is 0 Å². The van der Waals surface area contributed by atoms with Gasteiger partial charge in [0.05, 0.1) is 13.7 Å². The molecule has 0 radical (unpaired) electrons. The fraction of sp³-hybridized carbons (Fsp3) is 0.438. The number of fused-ring (bicyclic) bond motifs is 1. The molecular weight excluding hydrogens is 393 g/mol. The predicted octanol–water partition coefficient (Wildman–Crippen LogP) is 2.62. The van der Waals surface area contributed by atoms with E-state index in [1.54, 1.807) is 7.11 Å². The van der Waals surface area contributed by atoms with Gasteiger partial charge in [-0.05, 0) is 26.0 Å². The number of nitrogens with two attached hydrogens (primary N) is 1. The van der Waals surface area contributed by atoms with Gasteiger partial charge in [0.25, 0.3) is 0 Å². The smallest absolute Gasteiger partial charge is 0.189 e. The summed E-state index contributed by atoms with van der Waals surface area (Å²) in [6.45, 7) is 8.87. The van der Waals surface area contributed by atoms with E-state index in [2.05, 4.69) is 23.8 Å². The molecule has 6 heteroatoms. The van der Waals surface area contributed by atoms with Crippen LogP contribution >= 0.6 is 24.0 Å². The topological polar surface area (TPSA) is 68.9 Å². The first-order chi connectivity index (χ1) is 9.99. The quantitative estimate of drug-likeness (QED) is 0.335. The first-order valence-electron chi connectivity index (χ1n) is 7.04. The second kappa shape index (κ2) is 8.26. The van der Waals surface area contributed by atoms with Crippen molar-refractivity contribution in [3.63, 3.8) is 0 Å². The van der Waals surface area contributed by atoms with Gasteiger partial charge >= 0.3 is 0 Å². The van der Waals surface area contributed by atoms with Crippen LogP contribution in [-0.2, 0) is 13.0 Å². The van der Waals surface area contributed by atoms with Crippen molar-refractivity contribution >= 4 is 29.9 Å². The van der Waals surface area contributed by atoms with Gasteiger partial charge in [0.15, 0.2) is 5.96 Å². The van der Waals surface area contributed by atoms with Gasteiger partial charge in [-0.3, -0.25) is 0 Å². The Morgan fingerprint density at radius 1 is 1.55 bits per heavy atom. The second-order valence-corrected chi connectivity index (χ2v) is 5.42. The summed E-state index contributed by atoms with van der Waals surface area (Å²) in [5, 5.41) is 3.01. The van der Waals surface area contributed by atoms with Crippen molar-refractivity contribution in [3.05, 3.63) is 35.4 Å². The molecule has 0 aliphatic carbocycles. The third-order valence-corrected chi connectivity index (χ3v) is 3.29. The van der Waals surface area contributed by atoms with Gasteiger partial charge in [-0.2, -0.15) is 0 Å². The van der Waals surface area contributed by atoms with Crippen molar-refractivity contribution in [3.8, 4) is 11.5 Å². The summed E-state index contributed by atoms with van der Waals surface area (Å²) in [7, 11) is 1.66. The van der Waals surface area contributed by atoms with Gasteiger partial charge < -0.3 is 20.5 Å². The number of guanidine groups is 1. The maximum Gasteiger partial charge on any atom is 0.189 e. The van der Waals surface area contributed by atoms with Crippen LogP contribution in [0.5, 0.6) is 11.5 Å². The van der Waals surface area contributed by atoms with Crippen LogP contribution in [0.3, 0.4) is 0 Å². The summed E-state index contributed by atoms with van der Waals surface area (Å²) in [5.74, 6) is 2.14. The lowest BCUT2D eigenvalue weighted by Gasteiger charge is -2.10. The molecular formula is C16H24IN3O2. The van der Waals surface area contributed by atoms with E-state index in [0.717, 1.165) is 29.1 Å². The summed E-state index contributed by atoms with van der Waals surface area (Å²) in [4.78, 5) is 4.33. The zero-order valence-electron chi connectivity index (χ0n) is 13.3. The first kappa shape index (κ1) is 18.6. The number of rotatable bonds is 5. The molecule has 22 heavy (non-hydrogen) atoms. The Morgan fingerprint density at radius 2 is 2.27 bits per heavy atom. The normalized spacial score (nSPS) is 16.3. The molecule has 1 unspecified atom stereocenters. The molecule has 1 heterocycles. The Kier molecular flexibility index (Phi) is 6.99. The third-order valence-electron chi connectivity index (χ3n) is 3.29. The van der Waals surface area contributed by atoms with Gasteiger partial charge in [-0.1, -0.05) is 12.2 Å². The SMILES string of the molecule is C=C(C)CNC(N)=NCc1cc2c(cc1OC)CC(C)O2.I. The first-order valence-corrected chi connectivity index (χ1v) is 7.04. The third kappa shape index (κ3) is 4.79. The highest BCUT2D eigenvalue weighted by molar-refractivity contribution is 14.0. The van der Waals surface area contributed by atoms with Crippen molar-refractivity contribution in [1.29, 1.82) is 0 Å². The van der Waals surface area contributed by atoms with Crippen molar-refractivity contribution in [2.75, 3.05) is 13.7 Å². The fourth-order valence-electron chi connectivity index (χ4n) is 2.26. The number of hydrogen-bond acceptors (Lipinski definition) is 3. The van der Waals surface area contributed by atoms with Gasteiger partial charge in [-0.25, -0.2) is 4.99 Å². The van der Waals surface area contributed by atoms with Crippen molar-refractivity contribution < 1.29 is 9.47 Å². The van der Waals surface area contributed by atoms with Crippen LogP contribution in [-0.4, -0.2) is 25.7 Å². The maximum absolute atomic E-state index is 5.82. The van der Waals surface area contributed by atoms with E-state index >= 15 is 0 Å². The minimum absolute atomic E-state index is 0. The lowest BCUT2D eigenvalue weighted by atomic mass is 10.1. The van der Waals surface area contributed by atoms with E-state index in [9.17, 15) is 0 Å². The molecule has 1 aliphatic heterocycles. The molecule has 1 atom stereocenters. The Balaban J connectivity index is 0.00000242. The van der Waals surface area contributed by atoms with Crippen molar-refractivity contribution in [2.24, 2.45) is 10.7 Å². The van der Waals surface area contributed by atoms with Crippen molar-refractivity contribution in [2.45, 2.75) is 32.9 Å². The number of benzene rings is 1. The molecule has 1 aliphatic rings. The molecule has 1 aromatic rings. The van der Waals surface area contributed by atoms with Gasteiger partial charge in [0.1, 0.15) is 17.6 Å². The molecule has 0 amide bonds. The lowest BCUT2D eigenvalue weighted by Crippen LogP contribution is -2.32. The largest absolute Gasteiger partial charge is 0.496 e. The summed E-state index contributed by atoms with van der Waals surface area (Å²) in [6, 6.07) is 4.02. The van der Waals surface area contributed by atoms with E-state index in [1.807, 2.05) is 19.1 Å². The summed E-state index contributed by atoms with van der Waals surface area (Å²) in [5.41, 5.74) is 8.97. The zero-order valence-corrected chi connectivity index (χ0v) is 15.6. The van der Waals surface area contributed by atoms with Crippen molar-refractivity contribution in [1.82, 2.24) is 5.32 Å². The van der Waals surface area contributed by atoms with Crippen LogP contribution in [0.4, 0.5) is 0 Å². The number of aliphatic imine (C=N–C) groups is 1. The highest BCUT2D eigenvalue weighted by atomic mass is 127. The van der Waals surface area contributed by atoms with Crippen LogP contribution < -0.4 is 20.5 Å². The summed E-state index contributed by atoms with van der Waals surface area (Å²) in [6.07, 6.45) is 1.13. The van der Waals surface area contributed by atoms with Crippen LogP contribution in [0.1, 0.15) is 25.0 Å². The summed E-state index contributed by atoms with van der Waals surface area (Å²) >= 11 is 0. The summed E-state index contributed by atoms with van der Waals surface area (Å²) < 4.78 is 11.2. The molecule has 3 N–H and O–H groups in total.